The molecule has 4 heteroatoms. The Balaban J connectivity index is 3.76. The van der Waals surface area contributed by atoms with Crippen molar-refractivity contribution in [3.8, 4) is 0 Å². The molecule has 0 aliphatic heterocycles. The van der Waals surface area contributed by atoms with Crippen LogP contribution in [0.1, 0.15) is 20.8 Å². The van der Waals surface area contributed by atoms with Gasteiger partial charge >= 0.3 is 0 Å². The van der Waals surface area contributed by atoms with Gasteiger partial charge in [-0.15, -0.1) is 5.59 Å². The maximum Gasteiger partial charge on any atom is 0.119 e. The SMILES string of the molecule is CC[N+](CC)(CC)CCONN. The van der Waals surface area contributed by atoms with Crippen molar-refractivity contribution >= 4 is 0 Å². The molecule has 0 aromatic rings. The fourth-order valence-electron chi connectivity index (χ4n) is 1.44. The first-order valence-electron chi connectivity index (χ1n) is 4.67. The molecule has 12 heavy (non-hydrogen) atoms. The molecule has 0 aromatic heterocycles. The Morgan fingerprint density at radius 3 is 2.00 bits per heavy atom. The third-order valence-electron chi connectivity index (χ3n) is 2.76. The van der Waals surface area contributed by atoms with E-state index in [-0.39, 0.29) is 0 Å². The number of hydrogen-bond acceptors (Lipinski definition) is 3. The lowest BCUT2D eigenvalue weighted by Crippen LogP contribution is -2.50. The van der Waals surface area contributed by atoms with Gasteiger partial charge in [0.05, 0.1) is 19.6 Å². The summed E-state index contributed by atoms with van der Waals surface area (Å²) >= 11 is 0. The van der Waals surface area contributed by atoms with Gasteiger partial charge in [-0.1, -0.05) is 0 Å². The van der Waals surface area contributed by atoms with Crippen molar-refractivity contribution in [3.63, 3.8) is 0 Å². The molecule has 0 aliphatic rings. The summed E-state index contributed by atoms with van der Waals surface area (Å²) < 4.78 is 1.10. The Kier molecular flexibility index (Phi) is 6.28. The first-order chi connectivity index (χ1) is 5.74. The Hall–Kier alpha value is -0.160. The van der Waals surface area contributed by atoms with Crippen molar-refractivity contribution in [2.75, 3.05) is 32.8 Å². The molecule has 0 rings (SSSR count). The number of hydrazine groups is 1. The van der Waals surface area contributed by atoms with Crippen LogP contribution in [0.5, 0.6) is 0 Å². The van der Waals surface area contributed by atoms with Crippen molar-refractivity contribution in [2.24, 2.45) is 5.84 Å². The van der Waals surface area contributed by atoms with Gasteiger partial charge in [0.2, 0.25) is 0 Å². The fourth-order valence-corrected chi connectivity index (χ4v) is 1.44. The van der Waals surface area contributed by atoms with E-state index in [1.54, 1.807) is 0 Å². The molecule has 0 unspecified atom stereocenters. The maximum atomic E-state index is 5.00. The van der Waals surface area contributed by atoms with Gasteiger partial charge in [0.15, 0.2) is 0 Å². The first-order valence-corrected chi connectivity index (χ1v) is 4.67. The molecule has 3 N–H and O–H groups in total. The molecule has 0 saturated heterocycles. The predicted octanol–water partition coefficient (Wildman–Crippen LogP) is 0.258. The quantitative estimate of drug-likeness (QED) is 0.253. The number of rotatable bonds is 7. The highest BCUT2D eigenvalue weighted by Crippen LogP contribution is 2.04. The second kappa shape index (κ2) is 6.37. The number of nitrogens with one attached hydrogen (secondary N) is 1. The minimum Gasteiger partial charge on any atom is -0.322 e. The number of nitrogens with zero attached hydrogens (tertiary/aromatic N) is 1. The maximum absolute atomic E-state index is 5.00. The third kappa shape index (κ3) is 3.49. The lowest BCUT2D eigenvalue weighted by molar-refractivity contribution is -0.923. The Labute approximate surface area is 75.2 Å². The van der Waals surface area contributed by atoms with Crippen LogP contribution in [0.4, 0.5) is 0 Å². The summed E-state index contributed by atoms with van der Waals surface area (Å²) in [5, 5.41) is 0. The average molecular weight is 176 g/mol. The van der Waals surface area contributed by atoms with E-state index < -0.39 is 0 Å². The lowest BCUT2D eigenvalue weighted by Gasteiger charge is -2.35. The molecule has 0 spiro atoms. The van der Waals surface area contributed by atoms with E-state index in [0.29, 0.717) is 6.61 Å². The second-order valence-electron chi connectivity index (χ2n) is 2.98. The monoisotopic (exact) mass is 176 g/mol. The lowest BCUT2D eigenvalue weighted by atomic mass is 10.3. The van der Waals surface area contributed by atoms with Crippen molar-refractivity contribution in [1.29, 1.82) is 0 Å². The van der Waals surface area contributed by atoms with Crippen LogP contribution < -0.4 is 11.4 Å². The molecular formula is C8H22N3O+. The molecule has 0 atom stereocenters. The number of likely N-dealkylation sites (N-methyl/N-ethyl adjacent to an activating group) is 1. The molecular weight excluding hydrogens is 154 g/mol. The van der Waals surface area contributed by atoms with Crippen LogP contribution in [0, 0.1) is 0 Å². The standard InChI is InChI=1S/C8H22N3O/c1-4-11(5-2,6-3)7-8-12-10-9/h10H,4-9H2,1-3H3/q+1. The van der Waals surface area contributed by atoms with Crippen molar-refractivity contribution in [2.45, 2.75) is 20.8 Å². The zero-order chi connectivity index (χ0) is 9.45. The van der Waals surface area contributed by atoms with Crippen molar-refractivity contribution < 1.29 is 9.32 Å². The molecule has 0 bridgehead atoms. The molecule has 0 aromatic carbocycles. The molecule has 0 fully saturated rings. The van der Waals surface area contributed by atoms with E-state index >= 15 is 0 Å². The van der Waals surface area contributed by atoms with Crippen molar-refractivity contribution in [1.82, 2.24) is 5.59 Å². The highest BCUT2D eigenvalue weighted by molar-refractivity contribution is 4.36. The number of hydrogen-bond donors (Lipinski definition) is 2. The zero-order valence-electron chi connectivity index (χ0n) is 8.47. The Morgan fingerprint density at radius 1 is 1.17 bits per heavy atom. The van der Waals surface area contributed by atoms with Crippen LogP contribution in [0.25, 0.3) is 0 Å². The summed E-state index contributed by atoms with van der Waals surface area (Å²) in [6.07, 6.45) is 0. The summed E-state index contributed by atoms with van der Waals surface area (Å²) in [7, 11) is 0. The van der Waals surface area contributed by atoms with Crippen LogP contribution in [-0.2, 0) is 4.84 Å². The predicted molar refractivity (Wildman–Crippen MR) is 50.0 cm³/mol. The molecule has 4 nitrogen and oxygen atoms in total. The van der Waals surface area contributed by atoms with Gasteiger partial charge in [0, 0.05) is 0 Å². The van der Waals surface area contributed by atoms with Gasteiger partial charge in [-0.3, -0.25) is 4.84 Å². The highest BCUT2D eigenvalue weighted by Gasteiger charge is 2.19. The van der Waals surface area contributed by atoms with Gasteiger partial charge in [0.1, 0.15) is 13.2 Å². The molecule has 0 radical (unpaired) electrons. The summed E-state index contributed by atoms with van der Waals surface area (Å²) in [5.74, 6) is 5.00. The van der Waals surface area contributed by atoms with Gasteiger partial charge in [-0.2, -0.15) is 0 Å². The molecule has 0 aliphatic carbocycles. The molecule has 0 heterocycles. The van der Waals surface area contributed by atoms with Crippen LogP contribution in [0.2, 0.25) is 0 Å². The number of nitrogens with two attached hydrogens (primary N) is 1. The smallest absolute Gasteiger partial charge is 0.119 e. The van der Waals surface area contributed by atoms with E-state index in [1.807, 2.05) is 0 Å². The Morgan fingerprint density at radius 2 is 1.67 bits per heavy atom. The van der Waals surface area contributed by atoms with Crippen molar-refractivity contribution in [3.05, 3.63) is 0 Å². The molecule has 74 valence electrons. The minimum absolute atomic E-state index is 0.673. The summed E-state index contributed by atoms with van der Waals surface area (Å²) in [5.41, 5.74) is 2.20. The zero-order valence-corrected chi connectivity index (χ0v) is 8.47. The van der Waals surface area contributed by atoms with Gasteiger partial charge in [0.25, 0.3) is 0 Å². The largest absolute Gasteiger partial charge is 0.322 e. The van der Waals surface area contributed by atoms with E-state index in [2.05, 4.69) is 26.4 Å². The van der Waals surface area contributed by atoms with Crippen LogP contribution in [0.15, 0.2) is 0 Å². The van der Waals surface area contributed by atoms with E-state index in [0.717, 1.165) is 30.7 Å². The molecule has 0 amide bonds. The number of quaternary nitrogens is 1. The summed E-state index contributed by atoms with van der Waals surface area (Å²) in [4.78, 5) is 4.91. The first kappa shape index (κ1) is 11.8. The van der Waals surface area contributed by atoms with Gasteiger partial charge in [-0.25, -0.2) is 5.84 Å². The fraction of sp³-hybridized carbons (Fsp3) is 1.00. The normalized spacial score (nSPS) is 12.0. The Bertz CT molecular complexity index is 96.2. The van der Waals surface area contributed by atoms with E-state index in [4.69, 9.17) is 10.7 Å². The van der Waals surface area contributed by atoms with Gasteiger partial charge in [-0.05, 0) is 20.8 Å². The van der Waals surface area contributed by atoms with E-state index in [1.165, 1.54) is 0 Å². The molecule has 0 saturated carbocycles. The van der Waals surface area contributed by atoms with Crippen LogP contribution in [-0.4, -0.2) is 37.3 Å². The van der Waals surface area contributed by atoms with E-state index in [9.17, 15) is 0 Å². The minimum atomic E-state index is 0.673. The topological polar surface area (TPSA) is 47.3 Å². The average Bonchev–Trinajstić information content (AvgIpc) is 2.14. The second-order valence-corrected chi connectivity index (χ2v) is 2.98. The third-order valence-corrected chi connectivity index (χ3v) is 2.76. The van der Waals surface area contributed by atoms with Crippen LogP contribution >= 0.6 is 0 Å². The van der Waals surface area contributed by atoms with Gasteiger partial charge < -0.3 is 4.48 Å². The summed E-state index contributed by atoms with van der Waals surface area (Å²) in [6.45, 7) is 11.8. The highest BCUT2D eigenvalue weighted by atomic mass is 16.7. The van der Waals surface area contributed by atoms with Crippen LogP contribution in [0.3, 0.4) is 0 Å². The summed E-state index contributed by atoms with van der Waals surface area (Å²) in [6, 6.07) is 0.